The third-order valence-corrected chi connectivity index (χ3v) is 5.59. The minimum atomic E-state index is -3.93. The molecule has 3 aromatic rings. The lowest BCUT2D eigenvalue weighted by Crippen LogP contribution is -2.34. The van der Waals surface area contributed by atoms with E-state index in [9.17, 15) is 22.0 Å². The van der Waals surface area contributed by atoms with Crippen LogP contribution in [-0.4, -0.2) is 29.4 Å². The topological polar surface area (TPSA) is 113 Å². The molecular weight excluding hydrogens is 460 g/mol. The zero-order chi connectivity index (χ0) is 23.5. The highest BCUT2D eigenvalue weighted by Gasteiger charge is 2.17. The highest BCUT2D eigenvalue weighted by Crippen LogP contribution is 2.17. The van der Waals surface area contributed by atoms with E-state index >= 15 is 0 Å². The number of nitrogens with zero attached hydrogens (tertiary/aromatic N) is 2. The predicted molar refractivity (Wildman–Crippen MR) is 119 cm³/mol. The predicted octanol–water partition coefficient (Wildman–Crippen LogP) is 3.30. The van der Waals surface area contributed by atoms with Crippen LogP contribution in [0.15, 0.2) is 53.4 Å². The Hall–Kier alpha value is -3.51. The van der Waals surface area contributed by atoms with Crippen LogP contribution in [-0.2, 0) is 10.0 Å². The summed E-state index contributed by atoms with van der Waals surface area (Å²) in [5, 5.41) is 4.91. The summed E-state index contributed by atoms with van der Waals surface area (Å²) in [5.41, 5.74) is 1.51. The Kier molecular flexibility index (Phi) is 6.75. The van der Waals surface area contributed by atoms with Crippen molar-refractivity contribution in [3.05, 3.63) is 77.1 Å². The van der Waals surface area contributed by atoms with Gasteiger partial charge in [0.1, 0.15) is 0 Å². The second-order valence-corrected chi connectivity index (χ2v) is 8.73. The van der Waals surface area contributed by atoms with Gasteiger partial charge >= 0.3 is 0 Å². The second-order valence-electron chi connectivity index (χ2n) is 6.64. The number of carbonyl (C=O) groups excluding carboxylic acids is 1. The molecule has 0 aliphatic rings. The molecular formula is C20H17F2N5O3S2. The molecule has 12 heteroatoms. The number of anilines is 2. The van der Waals surface area contributed by atoms with E-state index in [2.05, 4.69) is 25.3 Å². The molecule has 0 aliphatic carbocycles. The number of thiocarbonyl (C=S) groups is 1. The van der Waals surface area contributed by atoms with Crippen LogP contribution in [0.3, 0.4) is 0 Å². The lowest BCUT2D eigenvalue weighted by atomic mass is 10.2. The first-order valence-electron chi connectivity index (χ1n) is 9.06. The number of hydrogen-bond donors (Lipinski definition) is 3. The first kappa shape index (κ1) is 23.2. The Labute approximate surface area is 188 Å². The van der Waals surface area contributed by atoms with E-state index < -0.39 is 27.6 Å². The molecule has 0 aliphatic heterocycles. The van der Waals surface area contributed by atoms with Gasteiger partial charge in [0.05, 0.1) is 4.90 Å². The summed E-state index contributed by atoms with van der Waals surface area (Å²) in [5.74, 6) is -3.01. The van der Waals surface area contributed by atoms with Crippen molar-refractivity contribution in [2.45, 2.75) is 18.7 Å². The van der Waals surface area contributed by atoms with Crippen LogP contribution >= 0.6 is 12.2 Å². The van der Waals surface area contributed by atoms with Crippen molar-refractivity contribution in [2.75, 3.05) is 10.0 Å². The molecule has 3 N–H and O–H groups in total. The summed E-state index contributed by atoms with van der Waals surface area (Å²) < 4.78 is 53.7. The number of benzene rings is 2. The van der Waals surface area contributed by atoms with E-state index in [0.717, 1.165) is 18.2 Å². The standard InChI is InChI=1S/C20H17F2N5O3S2/c1-11-9-12(2)24-19(23-11)27-32(29,30)15-6-4-14(5-7-15)25-20(31)26-18(28)13-3-8-16(21)17(22)10-13/h3-10H,1-2H3,(H,23,24,27)(H2,25,26,28,31). The molecule has 3 rings (SSSR count). The van der Waals surface area contributed by atoms with Gasteiger partial charge in [-0.3, -0.25) is 10.1 Å². The number of aromatic nitrogens is 2. The summed E-state index contributed by atoms with van der Waals surface area (Å²) in [6, 6.07) is 9.94. The number of amides is 1. The molecule has 8 nitrogen and oxygen atoms in total. The van der Waals surface area contributed by atoms with E-state index in [-0.39, 0.29) is 21.5 Å². The number of rotatable bonds is 5. The molecule has 0 spiro atoms. The lowest BCUT2D eigenvalue weighted by molar-refractivity contribution is 0.0977. The van der Waals surface area contributed by atoms with Gasteiger partial charge in [-0.15, -0.1) is 0 Å². The fraction of sp³-hybridized carbons (Fsp3) is 0.100. The van der Waals surface area contributed by atoms with Crippen LogP contribution in [0.4, 0.5) is 20.4 Å². The summed E-state index contributed by atoms with van der Waals surface area (Å²) in [7, 11) is -3.93. The van der Waals surface area contributed by atoms with E-state index in [1.54, 1.807) is 19.9 Å². The number of nitrogens with one attached hydrogen (secondary N) is 3. The lowest BCUT2D eigenvalue weighted by Gasteiger charge is -2.11. The molecule has 0 atom stereocenters. The van der Waals surface area contributed by atoms with Gasteiger partial charge in [0.25, 0.3) is 15.9 Å². The van der Waals surface area contributed by atoms with Crippen LogP contribution in [0.1, 0.15) is 21.7 Å². The Morgan fingerprint density at radius 3 is 2.16 bits per heavy atom. The van der Waals surface area contributed by atoms with Gasteiger partial charge in [-0.1, -0.05) is 0 Å². The number of aryl methyl sites for hydroxylation is 2. The van der Waals surface area contributed by atoms with E-state index in [0.29, 0.717) is 17.1 Å². The monoisotopic (exact) mass is 477 g/mol. The van der Waals surface area contributed by atoms with E-state index in [1.807, 2.05) is 0 Å². The normalized spacial score (nSPS) is 11.0. The molecule has 166 valence electrons. The van der Waals surface area contributed by atoms with Crippen LogP contribution < -0.4 is 15.4 Å². The number of halogens is 2. The first-order valence-corrected chi connectivity index (χ1v) is 11.0. The molecule has 2 aromatic carbocycles. The van der Waals surface area contributed by atoms with Crippen LogP contribution in [0.5, 0.6) is 0 Å². The summed E-state index contributed by atoms with van der Waals surface area (Å²) >= 11 is 5.03. The third kappa shape index (κ3) is 5.80. The molecule has 1 amide bonds. The third-order valence-electron chi connectivity index (χ3n) is 4.04. The number of carbonyl (C=O) groups is 1. The van der Waals surface area contributed by atoms with Gasteiger partial charge in [0.2, 0.25) is 5.95 Å². The van der Waals surface area contributed by atoms with Gasteiger partial charge in [0, 0.05) is 22.6 Å². The number of hydrogen-bond acceptors (Lipinski definition) is 6. The van der Waals surface area contributed by atoms with Crippen molar-refractivity contribution in [3.63, 3.8) is 0 Å². The zero-order valence-electron chi connectivity index (χ0n) is 16.8. The highest BCUT2D eigenvalue weighted by molar-refractivity contribution is 7.92. The maximum absolute atomic E-state index is 13.3. The van der Waals surface area contributed by atoms with Gasteiger partial charge < -0.3 is 5.32 Å². The van der Waals surface area contributed by atoms with E-state index in [1.165, 1.54) is 24.3 Å². The minimum absolute atomic E-state index is 0.0363. The molecule has 32 heavy (non-hydrogen) atoms. The SMILES string of the molecule is Cc1cc(C)nc(NS(=O)(=O)c2ccc(NC(=S)NC(=O)c3ccc(F)c(F)c3)cc2)n1. The van der Waals surface area contributed by atoms with Gasteiger partial charge in [-0.05, 0) is 74.6 Å². The summed E-state index contributed by atoms with van der Waals surface area (Å²) in [4.78, 5) is 20.1. The molecule has 0 saturated carbocycles. The molecule has 1 aromatic heterocycles. The van der Waals surface area contributed by atoms with Crippen LogP contribution in [0.2, 0.25) is 0 Å². The molecule has 0 bridgehead atoms. The molecule has 1 heterocycles. The Bertz CT molecular complexity index is 1280. The molecule has 0 radical (unpaired) electrons. The number of sulfonamides is 1. The van der Waals surface area contributed by atoms with Gasteiger partial charge in [-0.25, -0.2) is 31.9 Å². The minimum Gasteiger partial charge on any atom is -0.332 e. The average molecular weight is 478 g/mol. The van der Waals surface area contributed by atoms with E-state index in [4.69, 9.17) is 12.2 Å². The summed E-state index contributed by atoms with van der Waals surface area (Å²) in [6.07, 6.45) is 0. The smallest absolute Gasteiger partial charge is 0.264 e. The van der Waals surface area contributed by atoms with Crippen LogP contribution in [0.25, 0.3) is 0 Å². The molecule has 0 saturated heterocycles. The molecule has 0 fully saturated rings. The molecule has 0 unspecified atom stereocenters. The Balaban J connectivity index is 1.65. The largest absolute Gasteiger partial charge is 0.332 e. The maximum Gasteiger partial charge on any atom is 0.264 e. The van der Waals surface area contributed by atoms with Crippen molar-refractivity contribution in [3.8, 4) is 0 Å². The van der Waals surface area contributed by atoms with Crippen molar-refractivity contribution in [2.24, 2.45) is 0 Å². The second kappa shape index (κ2) is 9.32. The Morgan fingerprint density at radius 2 is 1.56 bits per heavy atom. The average Bonchev–Trinajstić information content (AvgIpc) is 2.69. The fourth-order valence-corrected chi connectivity index (χ4v) is 3.80. The fourth-order valence-electron chi connectivity index (χ4n) is 2.64. The van der Waals surface area contributed by atoms with Crippen molar-refractivity contribution >= 4 is 44.9 Å². The van der Waals surface area contributed by atoms with Crippen LogP contribution in [0, 0.1) is 25.5 Å². The summed E-state index contributed by atoms with van der Waals surface area (Å²) in [6.45, 7) is 3.45. The van der Waals surface area contributed by atoms with Gasteiger partial charge in [-0.2, -0.15) is 0 Å². The maximum atomic E-state index is 13.3. The zero-order valence-corrected chi connectivity index (χ0v) is 18.4. The van der Waals surface area contributed by atoms with Crippen molar-refractivity contribution in [1.82, 2.24) is 15.3 Å². The quantitative estimate of drug-likeness (QED) is 0.483. The first-order chi connectivity index (χ1) is 15.0. The Morgan fingerprint density at radius 1 is 0.938 bits per heavy atom. The van der Waals surface area contributed by atoms with Crippen molar-refractivity contribution < 1.29 is 22.0 Å². The van der Waals surface area contributed by atoms with Crippen molar-refractivity contribution in [1.29, 1.82) is 0 Å². The highest BCUT2D eigenvalue weighted by atomic mass is 32.2. The van der Waals surface area contributed by atoms with Gasteiger partial charge in [0.15, 0.2) is 16.7 Å².